The maximum absolute atomic E-state index is 14.0. The molecule has 0 bridgehead atoms. The van der Waals surface area contributed by atoms with Crippen LogP contribution in [-0.2, 0) is 32.7 Å². The van der Waals surface area contributed by atoms with Crippen LogP contribution < -0.4 is 0 Å². The van der Waals surface area contributed by atoms with Crippen LogP contribution in [0.15, 0.2) is 46.1 Å². The van der Waals surface area contributed by atoms with Crippen molar-refractivity contribution in [3.63, 3.8) is 0 Å². The minimum atomic E-state index is -0.301. The van der Waals surface area contributed by atoms with Gasteiger partial charge in [0.15, 0.2) is 0 Å². The van der Waals surface area contributed by atoms with Gasteiger partial charge in [0.25, 0.3) is 0 Å². The molecule has 1 radical (unpaired) electrons. The molecule has 2 rings (SSSR count). The van der Waals surface area contributed by atoms with E-state index in [0.717, 1.165) is 0 Å². The number of hydrogen-bond donors (Lipinski definition) is 0. The maximum atomic E-state index is 14.0. The van der Waals surface area contributed by atoms with Gasteiger partial charge in [-0.05, 0) is 23.7 Å². The van der Waals surface area contributed by atoms with E-state index in [1.165, 1.54) is 6.07 Å². The number of likely N-dealkylation sites (N-methyl/N-ethyl adjacent to an activating group) is 1. The van der Waals surface area contributed by atoms with E-state index in [-0.39, 0.29) is 38.5 Å². The normalized spacial score (nSPS) is 14.7. The Bertz CT molecular complexity index is 569. The molecule has 0 saturated heterocycles. The SMILES string of the molecule is C=C1C(Cl)=C[C-]=C(c2ccc(Br)cc2F)N1CC.[Y]. The number of benzene rings is 1. The molecule has 0 saturated carbocycles. The minimum Gasteiger partial charge on any atom is -0.374 e. The second-order valence-electron chi connectivity index (χ2n) is 3.80. The van der Waals surface area contributed by atoms with Crippen molar-refractivity contribution in [3.8, 4) is 0 Å². The molecule has 1 heterocycles. The summed E-state index contributed by atoms with van der Waals surface area (Å²) in [6.45, 7) is 6.51. The molecule has 0 N–H and O–H groups in total. The smallest absolute Gasteiger partial charge is 0.0792 e. The molecule has 1 aromatic rings. The van der Waals surface area contributed by atoms with Gasteiger partial charge in [0.1, 0.15) is 0 Å². The van der Waals surface area contributed by atoms with Crippen LogP contribution in [-0.4, -0.2) is 11.4 Å². The van der Waals surface area contributed by atoms with Gasteiger partial charge in [-0.15, -0.1) is 6.07 Å². The Kier molecular flexibility index (Phi) is 6.45. The van der Waals surface area contributed by atoms with Gasteiger partial charge in [0.2, 0.25) is 0 Å². The molecule has 19 heavy (non-hydrogen) atoms. The summed E-state index contributed by atoms with van der Waals surface area (Å²) in [6, 6.07) is 4.94. The van der Waals surface area contributed by atoms with Crippen molar-refractivity contribution in [2.45, 2.75) is 6.92 Å². The topological polar surface area (TPSA) is 3.24 Å². The quantitative estimate of drug-likeness (QED) is 0.632. The largest absolute Gasteiger partial charge is 0.374 e. The van der Waals surface area contributed by atoms with Crippen LogP contribution in [0.2, 0.25) is 0 Å². The number of nitrogens with zero attached hydrogens (tertiary/aromatic N) is 1. The first-order valence-corrected chi connectivity index (χ1v) is 6.63. The van der Waals surface area contributed by atoms with Crippen molar-refractivity contribution in [1.82, 2.24) is 4.90 Å². The summed E-state index contributed by atoms with van der Waals surface area (Å²) in [7, 11) is 0. The molecule has 0 amide bonds. The Hall–Kier alpha value is 0.0439. The molecule has 1 aromatic carbocycles. The van der Waals surface area contributed by atoms with E-state index < -0.39 is 0 Å². The van der Waals surface area contributed by atoms with E-state index >= 15 is 0 Å². The third-order valence-electron chi connectivity index (χ3n) is 2.71. The van der Waals surface area contributed by atoms with Crippen LogP contribution in [0, 0.1) is 11.9 Å². The molecule has 0 fully saturated rings. The summed E-state index contributed by atoms with van der Waals surface area (Å²) in [5, 5.41) is 0.526. The van der Waals surface area contributed by atoms with Crippen LogP contribution in [0.25, 0.3) is 5.70 Å². The second kappa shape index (κ2) is 7.17. The van der Waals surface area contributed by atoms with Crippen molar-refractivity contribution in [1.29, 1.82) is 0 Å². The predicted molar refractivity (Wildman–Crippen MR) is 76.2 cm³/mol. The molecule has 0 atom stereocenters. The Morgan fingerprint density at radius 1 is 1.47 bits per heavy atom. The molecule has 0 aliphatic carbocycles. The van der Waals surface area contributed by atoms with Crippen molar-refractivity contribution < 1.29 is 37.1 Å². The summed E-state index contributed by atoms with van der Waals surface area (Å²) in [5.74, 6) is -0.301. The number of halogens is 3. The van der Waals surface area contributed by atoms with Crippen molar-refractivity contribution in [3.05, 3.63) is 63.5 Å². The number of allylic oxidation sites excluding steroid dienone is 3. The van der Waals surface area contributed by atoms with E-state index in [1.54, 1.807) is 18.2 Å². The molecule has 1 nitrogen and oxygen atoms in total. The fourth-order valence-corrected chi connectivity index (χ4v) is 2.30. The van der Waals surface area contributed by atoms with Crippen LogP contribution in [0.1, 0.15) is 12.5 Å². The van der Waals surface area contributed by atoms with Crippen LogP contribution in [0.3, 0.4) is 0 Å². The van der Waals surface area contributed by atoms with Gasteiger partial charge < -0.3 is 4.90 Å². The standard InChI is InChI=1S/C14H11BrClFN.Y/c1-3-18-9(2)12(16)6-7-14(18)11-5-4-10(15)8-13(11)17;/h4-6,8H,2-3H2,1H3;/q-1;. The Labute approximate surface area is 151 Å². The Morgan fingerprint density at radius 3 is 2.74 bits per heavy atom. The third kappa shape index (κ3) is 3.58. The van der Waals surface area contributed by atoms with Gasteiger partial charge >= 0.3 is 0 Å². The first kappa shape index (κ1) is 17.1. The van der Waals surface area contributed by atoms with Gasteiger partial charge in [-0.25, -0.2) is 4.39 Å². The molecule has 0 unspecified atom stereocenters. The van der Waals surface area contributed by atoms with E-state index in [9.17, 15) is 4.39 Å². The summed E-state index contributed by atoms with van der Waals surface area (Å²) < 4.78 is 14.7. The van der Waals surface area contributed by atoms with Crippen LogP contribution in [0.5, 0.6) is 0 Å². The molecule has 5 heteroatoms. The molecular formula is C14H11BrClFNY-. The summed E-state index contributed by atoms with van der Waals surface area (Å²) in [6.07, 6.45) is 4.63. The first-order valence-electron chi connectivity index (χ1n) is 5.46. The van der Waals surface area contributed by atoms with E-state index in [0.29, 0.717) is 33.0 Å². The fourth-order valence-electron chi connectivity index (χ4n) is 1.81. The van der Waals surface area contributed by atoms with E-state index in [4.69, 9.17) is 11.6 Å². The molecule has 1 aliphatic rings. The zero-order valence-corrected chi connectivity index (χ0v) is 15.6. The Morgan fingerprint density at radius 2 is 2.16 bits per heavy atom. The molecule has 1 aliphatic heterocycles. The Balaban J connectivity index is 0.00000180. The van der Waals surface area contributed by atoms with Gasteiger partial charge in [-0.3, -0.25) is 0 Å². The molecule has 0 spiro atoms. The monoisotopic (exact) mass is 415 g/mol. The van der Waals surface area contributed by atoms with E-state index in [1.807, 2.05) is 11.8 Å². The summed E-state index contributed by atoms with van der Waals surface area (Å²) >= 11 is 9.24. The average Bonchev–Trinajstić information content (AvgIpc) is 2.33. The molecule has 97 valence electrons. The van der Waals surface area contributed by atoms with Crippen LogP contribution >= 0.6 is 27.5 Å². The van der Waals surface area contributed by atoms with Gasteiger partial charge in [0, 0.05) is 43.7 Å². The fraction of sp³-hybridized carbons (Fsp3) is 0.143. The molecular weight excluding hydrogens is 405 g/mol. The summed E-state index contributed by atoms with van der Waals surface area (Å²) in [5.41, 5.74) is 1.80. The van der Waals surface area contributed by atoms with Crippen molar-refractivity contribution in [2.75, 3.05) is 6.54 Å². The maximum Gasteiger partial charge on any atom is 0.0792 e. The number of hydrogen-bond acceptors (Lipinski definition) is 1. The summed E-state index contributed by atoms with van der Waals surface area (Å²) in [4.78, 5) is 1.84. The van der Waals surface area contributed by atoms with Crippen LogP contribution in [0.4, 0.5) is 4.39 Å². The minimum absolute atomic E-state index is 0. The van der Waals surface area contributed by atoms with Gasteiger partial charge in [-0.1, -0.05) is 39.8 Å². The van der Waals surface area contributed by atoms with Gasteiger partial charge in [-0.2, -0.15) is 23.8 Å². The zero-order chi connectivity index (χ0) is 13.3. The predicted octanol–water partition coefficient (Wildman–Crippen LogP) is 4.70. The second-order valence-corrected chi connectivity index (χ2v) is 5.12. The zero-order valence-electron chi connectivity index (χ0n) is 10.4. The number of rotatable bonds is 2. The van der Waals surface area contributed by atoms with Crippen molar-refractivity contribution >= 4 is 33.2 Å². The third-order valence-corrected chi connectivity index (χ3v) is 3.53. The first-order chi connectivity index (χ1) is 8.54. The van der Waals surface area contributed by atoms with Crippen molar-refractivity contribution in [2.24, 2.45) is 0 Å². The average molecular weight is 417 g/mol. The van der Waals surface area contributed by atoms with E-state index in [2.05, 4.69) is 28.6 Å². The molecule has 0 aromatic heterocycles. The van der Waals surface area contributed by atoms with Gasteiger partial charge in [0.05, 0.1) is 5.82 Å².